The summed E-state index contributed by atoms with van der Waals surface area (Å²) in [5.41, 5.74) is 3.70. The summed E-state index contributed by atoms with van der Waals surface area (Å²) in [5, 5.41) is 2.31. The fourth-order valence-corrected chi connectivity index (χ4v) is 4.43. The third-order valence-electron chi connectivity index (χ3n) is 5.89. The number of carbonyl (C=O) groups is 2. The largest absolute Gasteiger partial charge is 0.275 e. The van der Waals surface area contributed by atoms with Gasteiger partial charge in [0, 0.05) is 5.02 Å². The molecule has 2 aliphatic heterocycles. The van der Waals surface area contributed by atoms with Crippen molar-refractivity contribution in [2.24, 2.45) is 5.92 Å². The number of anilines is 1. The molecule has 0 bridgehead atoms. The van der Waals surface area contributed by atoms with Crippen LogP contribution in [-0.2, 0) is 21.0 Å². The first-order valence-electron chi connectivity index (χ1n) is 10.2. The number of aryl methyl sites for hydroxylation is 1. The molecule has 2 aliphatic rings. The minimum Gasteiger partial charge on any atom is -0.275 e. The van der Waals surface area contributed by atoms with E-state index in [2.05, 4.69) is 0 Å². The van der Waals surface area contributed by atoms with Crippen molar-refractivity contribution < 1.29 is 14.4 Å². The normalized spacial score (nSPS) is 22.8. The molecule has 2 saturated heterocycles. The maximum Gasteiger partial charge on any atom is 0.262 e. The number of halogens is 1. The summed E-state index contributed by atoms with van der Waals surface area (Å²) in [6, 6.07) is 24.3. The van der Waals surface area contributed by atoms with Gasteiger partial charge in [0.25, 0.3) is 5.91 Å². The Kier molecular flexibility index (Phi) is 5.00. The molecular weight excluding hydrogens is 412 g/mol. The molecule has 5 rings (SSSR count). The van der Waals surface area contributed by atoms with Gasteiger partial charge >= 0.3 is 0 Å². The highest BCUT2D eigenvalue weighted by Gasteiger charge is 2.59. The van der Waals surface area contributed by atoms with Crippen molar-refractivity contribution in [3.63, 3.8) is 0 Å². The molecule has 3 aromatic carbocycles. The number of imide groups is 1. The Hall–Kier alpha value is -3.15. The predicted molar refractivity (Wildman–Crippen MR) is 118 cm³/mol. The maximum atomic E-state index is 13.5. The second-order valence-corrected chi connectivity index (χ2v) is 8.39. The fourth-order valence-electron chi connectivity index (χ4n) is 4.31. The van der Waals surface area contributed by atoms with Crippen molar-refractivity contribution in [3.05, 3.63) is 101 Å². The SMILES string of the molecule is Cc1ccc(N2O[C@@H]3C(=O)N(Cc4ccccc4)C(=O)[C@H]3[C@@H]2c2ccc(Cl)cc2)cc1. The molecule has 31 heavy (non-hydrogen) atoms. The summed E-state index contributed by atoms with van der Waals surface area (Å²) in [6.07, 6.45) is -0.849. The van der Waals surface area contributed by atoms with Crippen molar-refractivity contribution in [2.45, 2.75) is 25.6 Å². The Morgan fingerprint density at radius 1 is 0.871 bits per heavy atom. The summed E-state index contributed by atoms with van der Waals surface area (Å²) in [6.45, 7) is 2.25. The number of likely N-dealkylation sites (tertiary alicyclic amines) is 1. The number of rotatable bonds is 4. The number of fused-ring (bicyclic) bond motifs is 1. The first-order valence-corrected chi connectivity index (χ1v) is 10.6. The zero-order valence-corrected chi connectivity index (χ0v) is 17.7. The second-order valence-electron chi connectivity index (χ2n) is 7.96. The van der Waals surface area contributed by atoms with Crippen LogP contribution in [0.25, 0.3) is 0 Å². The lowest BCUT2D eigenvalue weighted by Crippen LogP contribution is -2.36. The second kappa shape index (κ2) is 7.84. The molecule has 0 N–H and O–H groups in total. The molecule has 0 aliphatic carbocycles. The smallest absolute Gasteiger partial charge is 0.262 e. The van der Waals surface area contributed by atoms with Gasteiger partial charge in [-0.05, 0) is 42.3 Å². The molecule has 0 saturated carbocycles. The van der Waals surface area contributed by atoms with Crippen LogP contribution in [0.4, 0.5) is 5.69 Å². The summed E-state index contributed by atoms with van der Waals surface area (Å²) in [5.74, 6) is -1.14. The van der Waals surface area contributed by atoms with Crippen LogP contribution in [0.1, 0.15) is 22.7 Å². The predicted octanol–water partition coefficient (Wildman–Crippen LogP) is 4.70. The number of carbonyl (C=O) groups excluding carboxylic acids is 2. The van der Waals surface area contributed by atoms with Gasteiger partial charge in [0.15, 0.2) is 6.10 Å². The van der Waals surface area contributed by atoms with Crippen LogP contribution in [0, 0.1) is 12.8 Å². The van der Waals surface area contributed by atoms with Gasteiger partial charge in [0.1, 0.15) is 5.92 Å². The van der Waals surface area contributed by atoms with E-state index in [4.69, 9.17) is 16.4 Å². The quantitative estimate of drug-likeness (QED) is 0.561. The lowest BCUT2D eigenvalue weighted by Gasteiger charge is -2.29. The van der Waals surface area contributed by atoms with Gasteiger partial charge in [-0.3, -0.25) is 19.3 Å². The van der Waals surface area contributed by atoms with Crippen molar-refractivity contribution >= 4 is 29.1 Å². The van der Waals surface area contributed by atoms with Gasteiger partial charge in [-0.25, -0.2) is 5.06 Å². The van der Waals surface area contributed by atoms with Crippen LogP contribution in [0.15, 0.2) is 78.9 Å². The molecule has 0 spiro atoms. The third kappa shape index (κ3) is 3.50. The van der Waals surface area contributed by atoms with Gasteiger partial charge in [0.2, 0.25) is 5.91 Å². The molecule has 6 heteroatoms. The van der Waals surface area contributed by atoms with Crippen LogP contribution >= 0.6 is 11.6 Å². The van der Waals surface area contributed by atoms with Crippen molar-refractivity contribution in [1.82, 2.24) is 4.90 Å². The number of hydrogen-bond donors (Lipinski definition) is 0. The number of amides is 2. The molecule has 3 atom stereocenters. The van der Waals surface area contributed by atoms with Crippen LogP contribution < -0.4 is 5.06 Å². The van der Waals surface area contributed by atoms with Crippen molar-refractivity contribution in [1.29, 1.82) is 0 Å². The standard InChI is InChI=1S/C25H21ClN2O3/c1-16-7-13-20(14-8-16)28-22(18-9-11-19(26)12-10-18)21-23(31-28)25(30)27(24(21)29)15-17-5-3-2-4-6-17/h2-14,21-23H,15H2,1H3/t21-,22-,23-/m0/s1. The third-order valence-corrected chi connectivity index (χ3v) is 6.14. The fraction of sp³-hybridized carbons (Fsp3) is 0.200. The van der Waals surface area contributed by atoms with E-state index in [1.54, 1.807) is 17.2 Å². The van der Waals surface area contributed by atoms with E-state index in [-0.39, 0.29) is 18.4 Å². The molecule has 0 unspecified atom stereocenters. The van der Waals surface area contributed by atoms with Gasteiger partial charge in [-0.2, -0.15) is 0 Å². The zero-order chi connectivity index (χ0) is 21.5. The summed E-state index contributed by atoms with van der Waals surface area (Å²) in [7, 11) is 0. The molecule has 2 amide bonds. The Morgan fingerprint density at radius 2 is 1.55 bits per heavy atom. The molecule has 2 heterocycles. The minimum atomic E-state index is -0.849. The summed E-state index contributed by atoms with van der Waals surface area (Å²) < 4.78 is 0. The van der Waals surface area contributed by atoms with Gasteiger partial charge in [-0.1, -0.05) is 71.8 Å². The van der Waals surface area contributed by atoms with Gasteiger partial charge in [0.05, 0.1) is 18.3 Å². The van der Waals surface area contributed by atoms with E-state index in [0.717, 1.165) is 22.4 Å². The average molecular weight is 433 g/mol. The maximum absolute atomic E-state index is 13.5. The van der Waals surface area contributed by atoms with Gasteiger partial charge < -0.3 is 0 Å². The number of hydroxylamine groups is 1. The zero-order valence-electron chi connectivity index (χ0n) is 16.9. The molecule has 5 nitrogen and oxygen atoms in total. The van der Waals surface area contributed by atoms with Gasteiger partial charge in [-0.15, -0.1) is 0 Å². The van der Waals surface area contributed by atoms with Crippen LogP contribution in [0.2, 0.25) is 5.02 Å². The summed E-state index contributed by atoms with van der Waals surface area (Å²) >= 11 is 6.09. The minimum absolute atomic E-state index is 0.214. The Bertz CT molecular complexity index is 1120. The lowest BCUT2D eigenvalue weighted by atomic mass is 9.90. The Labute approximate surface area is 185 Å². The molecule has 0 aromatic heterocycles. The Balaban J connectivity index is 1.52. The van der Waals surface area contributed by atoms with Crippen LogP contribution in [-0.4, -0.2) is 22.8 Å². The molecular formula is C25H21ClN2O3. The van der Waals surface area contributed by atoms with Crippen LogP contribution in [0.3, 0.4) is 0 Å². The Morgan fingerprint density at radius 3 is 2.23 bits per heavy atom. The molecule has 3 aromatic rings. The topological polar surface area (TPSA) is 49.9 Å². The first-order chi connectivity index (χ1) is 15.0. The van der Waals surface area contributed by atoms with E-state index in [9.17, 15) is 9.59 Å². The van der Waals surface area contributed by atoms with E-state index in [0.29, 0.717) is 5.02 Å². The van der Waals surface area contributed by atoms with Crippen molar-refractivity contribution in [2.75, 3.05) is 5.06 Å². The van der Waals surface area contributed by atoms with E-state index in [1.165, 1.54) is 4.90 Å². The number of hydrogen-bond acceptors (Lipinski definition) is 4. The monoisotopic (exact) mass is 432 g/mol. The summed E-state index contributed by atoms with van der Waals surface area (Å²) in [4.78, 5) is 34.1. The van der Waals surface area contributed by atoms with Crippen LogP contribution in [0.5, 0.6) is 0 Å². The highest BCUT2D eigenvalue weighted by atomic mass is 35.5. The lowest BCUT2D eigenvalue weighted by molar-refractivity contribution is -0.143. The van der Waals surface area contributed by atoms with Crippen molar-refractivity contribution in [3.8, 4) is 0 Å². The van der Waals surface area contributed by atoms with E-state index in [1.807, 2.05) is 73.7 Å². The highest BCUT2D eigenvalue weighted by molar-refractivity contribution is 6.30. The number of benzene rings is 3. The van der Waals surface area contributed by atoms with E-state index < -0.39 is 18.1 Å². The molecule has 156 valence electrons. The number of nitrogens with zero attached hydrogens (tertiary/aromatic N) is 2. The van der Waals surface area contributed by atoms with E-state index >= 15 is 0 Å². The average Bonchev–Trinajstić information content (AvgIpc) is 3.28. The molecule has 2 fully saturated rings. The highest BCUT2D eigenvalue weighted by Crippen LogP contribution is 2.47. The molecule has 0 radical (unpaired) electrons. The first kappa shape index (κ1) is 19.8.